The summed E-state index contributed by atoms with van der Waals surface area (Å²) in [4.78, 5) is 9.13. The second-order valence-electron chi connectivity index (χ2n) is 6.00. The predicted molar refractivity (Wildman–Crippen MR) is 93.0 cm³/mol. The summed E-state index contributed by atoms with van der Waals surface area (Å²) in [7, 11) is 3.57. The SMILES string of the molecule is CN=C(NCC(C)C)N1CCN(c2cccc(OC)c2)CC1. The minimum atomic E-state index is 0.620. The van der Waals surface area contributed by atoms with E-state index in [1.807, 2.05) is 19.2 Å². The van der Waals surface area contributed by atoms with E-state index in [9.17, 15) is 0 Å². The van der Waals surface area contributed by atoms with Crippen molar-refractivity contribution in [2.45, 2.75) is 13.8 Å². The van der Waals surface area contributed by atoms with Crippen molar-refractivity contribution in [3.63, 3.8) is 0 Å². The number of guanidine groups is 1. The van der Waals surface area contributed by atoms with E-state index in [1.54, 1.807) is 7.11 Å². The fraction of sp³-hybridized carbons (Fsp3) is 0.588. The van der Waals surface area contributed by atoms with Gasteiger partial charge in [-0.3, -0.25) is 4.99 Å². The number of anilines is 1. The number of benzene rings is 1. The zero-order valence-electron chi connectivity index (χ0n) is 14.2. The number of nitrogens with zero attached hydrogens (tertiary/aromatic N) is 3. The fourth-order valence-electron chi connectivity index (χ4n) is 2.61. The average Bonchev–Trinajstić information content (AvgIpc) is 2.56. The van der Waals surface area contributed by atoms with Gasteiger partial charge >= 0.3 is 0 Å². The molecule has 1 aliphatic rings. The normalized spacial score (nSPS) is 16.1. The van der Waals surface area contributed by atoms with E-state index in [-0.39, 0.29) is 0 Å². The molecular formula is C17H28N4O. The van der Waals surface area contributed by atoms with Crippen LogP contribution in [0, 0.1) is 5.92 Å². The van der Waals surface area contributed by atoms with Crippen LogP contribution in [0.3, 0.4) is 0 Å². The topological polar surface area (TPSA) is 40.1 Å². The molecule has 1 aromatic rings. The first-order valence-electron chi connectivity index (χ1n) is 7.98. The Morgan fingerprint density at radius 3 is 2.59 bits per heavy atom. The van der Waals surface area contributed by atoms with Crippen LogP contribution in [0.1, 0.15) is 13.8 Å². The Bertz CT molecular complexity index is 493. The summed E-state index contributed by atoms with van der Waals surface area (Å²) in [5, 5.41) is 3.45. The molecule has 1 heterocycles. The van der Waals surface area contributed by atoms with Crippen LogP contribution in [0.2, 0.25) is 0 Å². The lowest BCUT2D eigenvalue weighted by Gasteiger charge is -2.38. The molecule has 0 atom stereocenters. The Kier molecular flexibility index (Phi) is 5.92. The van der Waals surface area contributed by atoms with Gasteiger partial charge in [-0.1, -0.05) is 19.9 Å². The highest BCUT2D eigenvalue weighted by molar-refractivity contribution is 5.80. The third-order valence-electron chi connectivity index (χ3n) is 3.88. The van der Waals surface area contributed by atoms with Gasteiger partial charge in [0.25, 0.3) is 0 Å². The van der Waals surface area contributed by atoms with E-state index in [0.717, 1.165) is 44.4 Å². The van der Waals surface area contributed by atoms with Gasteiger partial charge in [-0.05, 0) is 18.1 Å². The van der Waals surface area contributed by atoms with E-state index in [0.29, 0.717) is 5.92 Å². The number of ether oxygens (including phenoxy) is 1. The largest absolute Gasteiger partial charge is 0.497 e. The molecule has 1 saturated heterocycles. The first-order chi connectivity index (χ1) is 10.6. The quantitative estimate of drug-likeness (QED) is 0.683. The van der Waals surface area contributed by atoms with Crippen LogP contribution in [-0.4, -0.2) is 57.7 Å². The Labute approximate surface area is 134 Å². The Balaban J connectivity index is 1.91. The van der Waals surface area contributed by atoms with Gasteiger partial charge in [-0.15, -0.1) is 0 Å². The molecule has 0 saturated carbocycles. The zero-order valence-corrected chi connectivity index (χ0v) is 14.2. The molecule has 1 aromatic carbocycles. The molecular weight excluding hydrogens is 276 g/mol. The lowest BCUT2D eigenvalue weighted by molar-refractivity contribution is 0.369. The molecule has 1 fully saturated rings. The van der Waals surface area contributed by atoms with Crippen LogP contribution in [0.25, 0.3) is 0 Å². The fourth-order valence-corrected chi connectivity index (χ4v) is 2.61. The average molecular weight is 304 g/mol. The summed E-state index contributed by atoms with van der Waals surface area (Å²) in [6.45, 7) is 9.33. The number of nitrogens with one attached hydrogen (secondary N) is 1. The molecule has 5 heteroatoms. The Morgan fingerprint density at radius 2 is 2.00 bits per heavy atom. The highest BCUT2D eigenvalue weighted by atomic mass is 16.5. The van der Waals surface area contributed by atoms with Crippen LogP contribution in [-0.2, 0) is 0 Å². The van der Waals surface area contributed by atoms with Crippen LogP contribution in [0.4, 0.5) is 5.69 Å². The predicted octanol–water partition coefficient (Wildman–Crippen LogP) is 2.05. The lowest BCUT2D eigenvalue weighted by atomic mass is 10.2. The van der Waals surface area contributed by atoms with Gasteiger partial charge < -0.3 is 19.9 Å². The van der Waals surface area contributed by atoms with Crippen LogP contribution in [0.5, 0.6) is 5.75 Å². The van der Waals surface area contributed by atoms with Crippen molar-refractivity contribution in [1.82, 2.24) is 10.2 Å². The molecule has 0 aromatic heterocycles. The maximum Gasteiger partial charge on any atom is 0.193 e. The Hall–Kier alpha value is -1.91. The third kappa shape index (κ3) is 4.29. The molecule has 0 aliphatic carbocycles. The number of hydrogen-bond donors (Lipinski definition) is 1. The van der Waals surface area contributed by atoms with Gasteiger partial charge in [0.1, 0.15) is 5.75 Å². The third-order valence-corrected chi connectivity index (χ3v) is 3.88. The van der Waals surface area contributed by atoms with Gasteiger partial charge in [0.15, 0.2) is 5.96 Å². The van der Waals surface area contributed by atoms with E-state index in [2.05, 4.69) is 46.1 Å². The molecule has 0 amide bonds. The van der Waals surface area contributed by atoms with Crippen molar-refractivity contribution in [2.24, 2.45) is 10.9 Å². The van der Waals surface area contributed by atoms with Gasteiger partial charge in [0.05, 0.1) is 7.11 Å². The number of piperazine rings is 1. The van der Waals surface area contributed by atoms with Crippen molar-refractivity contribution in [2.75, 3.05) is 51.8 Å². The summed E-state index contributed by atoms with van der Waals surface area (Å²) in [6, 6.07) is 8.27. The van der Waals surface area contributed by atoms with E-state index < -0.39 is 0 Å². The molecule has 0 unspecified atom stereocenters. The van der Waals surface area contributed by atoms with Crippen molar-refractivity contribution < 1.29 is 4.74 Å². The Morgan fingerprint density at radius 1 is 1.27 bits per heavy atom. The maximum absolute atomic E-state index is 5.31. The lowest BCUT2D eigenvalue weighted by Crippen LogP contribution is -2.53. The molecule has 122 valence electrons. The molecule has 0 bridgehead atoms. The molecule has 1 N–H and O–H groups in total. The molecule has 0 spiro atoms. The van der Waals surface area contributed by atoms with Gasteiger partial charge in [0, 0.05) is 51.5 Å². The van der Waals surface area contributed by atoms with E-state index in [4.69, 9.17) is 4.74 Å². The molecule has 0 radical (unpaired) electrons. The van der Waals surface area contributed by atoms with Crippen molar-refractivity contribution in [3.8, 4) is 5.75 Å². The number of aliphatic imine (C=N–C) groups is 1. The minimum Gasteiger partial charge on any atom is -0.497 e. The summed E-state index contributed by atoms with van der Waals surface area (Å²) in [5.74, 6) is 2.54. The second kappa shape index (κ2) is 7.92. The zero-order chi connectivity index (χ0) is 15.9. The van der Waals surface area contributed by atoms with Gasteiger partial charge in [-0.25, -0.2) is 0 Å². The summed E-state index contributed by atoms with van der Waals surface area (Å²) in [6.07, 6.45) is 0. The summed E-state index contributed by atoms with van der Waals surface area (Å²) < 4.78 is 5.31. The first-order valence-corrected chi connectivity index (χ1v) is 7.98. The van der Waals surface area contributed by atoms with Crippen LogP contribution < -0.4 is 15.0 Å². The number of methoxy groups -OCH3 is 1. The first kappa shape index (κ1) is 16.5. The summed E-state index contributed by atoms with van der Waals surface area (Å²) in [5.41, 5.74) is 1.23. The highest BCUT2D eigenvalue weighted by Gasteiger charge is 2.20. The molecule has 5 nitrogen and oxygen atoms in total. The molecule has 2 rings (SSSR count). The maximum atomic E-state index is 5.31. The van der Waals surface area contributed by atoms with Crippen molar-refractivity contribution in [3.05, 3.63) is 24.3 Å². The van der Waals surface area contributed by atoms with E-state index >= 15 is 0 Å². The molecule has 1 aliphatic heterocycles. The summed E-state index contributed by atoms with van der Waals surface area (Å²) >= 11 is 0. The van der Waals surface area contributed by atoms with Gasteiger partial charge in [0.2, 0.25) is 0 Å². The number of hydrogen-bond acceptors (Lipinski definition) is 3. The smallest absolute Gasteiger partial charge is 0.193 e. The molecule has 22 heavy (non-hydrogen) atoms. The van der Waals surface area contributed by atoms with Crippen molar-refractivity contribution >= 4 is 11.6 Å². The van der Waals surface area contributed by atoms with Crippen molar-refractivity contribution in [1.29, 1.82) is 0 Å². The van der Waals surface area contributed by atoms with Crippen LogP contribution in [0.15, 0.2) is 29.3 Å². The minimum absolute atomic E-state index is 0.620. The van der Waals surface area contributed by atoms with E-state index in [1.165, 1.54) is 5.69 Å². The monoisotopic (exact) mass is 304 g/mol. The number of rotatable bonds is 4. The standard InChI is InChI=1S/C17H28N4O/c1-14(2)13-19-17(18-3)21-10-8-20(9-11-21)15-6-5-7-16(12-15)22-4/h5-7,12,14H,8-11,13H2,1-4H3,(H,18,19). The highest BCUT2D eigenvalue weighted by Crippen LogP contribution is 2.22. The van der Waals surface area contributed by atoms with Gasteiger partial charge in [-0.2, -0.15) is 0 Å². The second-order valence-corrected chi connectivity index (χ2v) is 6.00. The van der Waals surface area contributed by atoms with Crippen LogP contribution >= 0.6 is 0 Å².